The Bertz CT molecular complexity index is 1640. The molecule has 1 aliphatic rings. The molecule has 1 amide bonds. The number of ether oxygens (including phenoxy) is 2. The average molecular weight is 616 g/mol. The summed E-state index contributed by atoms with van der Waals surface area (Å²) in [6, 6.07) is 16.3. The van der Waals surface area contributed by atoms with Crippen molar-refractivity contribution < 1.29 is 22.7 Å². The van der Waals surface area contributed by atoms with Gasteiger partial charge in [-0.2, -0.15) is 0 Å². The molecule has 13 heteroatoms. The van der Waals surface area contributed by atoms with E-state index in [0.29, 0.717) is 40.9 Å². The van der Waals surface area contributed by atoms with Gasteiger partial charge in [-0.15, -0.1) is 0 Å². The quantitative estimate of drug-likeness (QED) is 0.271. The van der Waals surface area contributed by atoms with Gasteiger partial charge < -0.3 is 19.7 Å². The van der Waals surface area contributed by atoms with Gasteiger partial charge in [0.25, 0.3) is 15.9 Å². The van der Waals surface area contributed by atoms with Crippen LogP contribution in [0.1, 0.15) is 10.4 Å². The molecule has 3 aromatic carbocycles. The van der Waals surface area contributed by atoms with E-state index in [1.54, 1.807) is 48.8 Å². The maximum atomic E-state index is 12.8. The summed E-state index contributed by atoms with van der Waals surface area (Å²) in [4.78, 5) is 22.2. The van der Waals surface area contributed by atoms with Crippen molar-refractivity contribution in [2.24, 2.45) is 0 Å². The summed E-state index contributed by atoms with van der Waals surface area (Å²) < 4.78 is 39.6. The Balaban J connectivity index is 1.11. The first-order chi connectivity index (χ1) is 19.8. The molecule has 4 aromatic rings. The first-order valence-electron chi connectivity index (χ1n) is 12.9. The van der Waals surface area contributed by atoms with Gasteiger partial charge in [-0.25, -0.2) is 13.4 Å². The minimum absolute atomic E-state index is 0.0977. The van der Waals surface area contributed by atoms with Crippen LogP contribution < -0.4 is 24.4 Å². The first kappa shape index (κ1) is 28.9. The summed E-state index contributed by atoms with van der Waals surface area (Å²) in [5, 5.41) is 4.42. The van der Waals surface area contributed by atoms with E-state index in [0.717, 1.165) is 41.5 Å². The number of halogens is 1. The number of nitrogens with zero attached hydrogens (tertiary/aromatic N) is 3. The van der Waals surface area contributed by atoms with Gasteiger partial charge in [0, 0.05) is 50.5 Å². The Hall–Kier alpha value is -3.58. The van der Waals surface area contributed by atoms with Crippen LogP contribution in [0.15, 0.2) is 65.6 Å². The van der Waals surface area contributed by atoms with Crippen LogP contribution in [-0.4, -0.2) is 77.7 Å². The molecule has 0 radical (unpaired) electrons. The molecule has 2 N–H and O–H groups in total. The van der Waals surface area contributed by atoms with E-state index in [4.69, 9.17) is 26.1 Å². The Labute approximate surface area is 247 Å². The molecule has 0 atom stereocenters. The fraction of sp³-hybridized carbons (Fsp3) is 0.286. The van der Waals surface area contributed by atoms with Gasteiger partial charge in [0.05, 0.1) is 28.8 Å². The van der Waals surface area contributed by atoms with Crippen molar-refractivity contribution in [3.8, 4) is 11.5 Å². The summed E-state index contributed by atoms with van der Waals surface area (Å²) >= 11 is 7.87. The SMILES string of the molecule is COc1ccc(S(=O)(=O)Nc2cccc(C(=O)NCCN3CCN(c4nc5c(OC)c(Cl)ccc5s4)CC3)c2)cc1. The Morgan fingerprint density at radius 2 is 1.78 bits per heavy atom. The number of amides is 1. The van der Waals surface area contributed by atoms with Gasteiger partial charge in [-0.1, -0.05) is 29.0 Å². The van der Waals surface area contributed by atoms with E-state index in [2.05, 4.69) is 19.8 Å². The topological polar surface area (TPSA) is 113 Å². The standard InChI is InChI=1S/C28H30ClN5O5S2/c1-38-21-6-8-22(9-7-21)41(36,37)32-20-5-3-4-19(18-20)27(35)30-12-13-33-14-16-34(17-15-33)28-31-25-24(40-28)11-10-23(29)26(25)39-2/h3-11,18,32H,12-17H2,1-2H3,(H,30,35). The number of thiazole rings is 1. The number of nitrogens with one attached hydrogen (secondary N) is 2. The lowest BCUT2D eigenvalue weighted by Crippen LogP contribution is -2.48. The molecule has 0 saturated carbocycles. The third-order valence-electron chi connectivity index (χ3n) is 6.76. The lowest BCUT2D eigenvalue weighted by atomic mass is 10.2. The van der Waals surface area contributed by atoms with Crippen LogP contribution in [0.25, 0.3) is 10.2 Å². The molecule has 0 bridgehead atoms. The normalized spacial score (nSPS) is 14.2. The maximum absolute atomic E-state index is 12.8. The van der Waals surface area contributed by atoms with Crippen molar-refractivity contribution in [1.82, 2.24) is 15.2 Å². The number of carbonyl (C=O) groups excluding carboxylic acids is 1. The zero-order valence-electron chi connectivity index (χ0n) is 22.6. The molecule has 216 valence electrons. The van der Waals surface area contributed by atoms with Crippen LogP contribution >= 0.6 is 22.9 Å². The van der Waals surface area contributed by atoms with E-state index in [-0.39, 0.29) is 10.8 Å². The van der Waals surface area contributed by atoms with Crippen LogP contribution in [0.5, 0.6) is 11.5 Å². The second kappa shape index (κ2) is 12.5. The predicted molar refractivity (Wildman–Crippen MR) is 162 cm³/mol. The number of hydrogen-bond donors (Lipinski definition) is 2. The highest BCUT2D eigenvalue weighted by Crippen LogP contribution is 2.38. The minimum Gasteiger partial charge on any atom is -0.497 e. The van der Waals surface area contributed by atoms with Gasteiger partial charge in [0.15, 0.2) is 10.9 Å². The highest BCUT2D eigenvalue weighted by atomic mass is 35.5. The fourth-order valence-corrected chi connectivity index (χ4v) is 6.84. The molecule has 1 fully saturated rings. The number of fused-ring (bicyclic) bond motifs is 1. The number of piperazine rings is 1. The lowest BCUT2D eigenvalue weighted by Gasteiger charge is -2.34. The van der Waals surface area contributed by atoms with E-state index in [1.807, 2.05) is 12.1 Å². The molecule has 0 aliphatic carbocycles. The second-order valence-electron chi connectivity index (χ2n) is 9.37. The number of rotatable bonds is 10. The molecule has 1 saturated heterocycles. The molecule has 1 aromatic heterocycles. The number of carbonyl (C=O) groups is 1. The zero-order valence-corrected chi connectivity index (χ0v) is 25.0. The first-order valence-corrected chi connectivity index (χ1v) is 15.6. The Kier molecular flexibility index (Phi) is 8.83. The van der Waals surface area contributed by atoms with Crippen molar-refractivity contribution in [2.45, 2.75) is 4.90 Å². The van der Waals surface area contributed by atoms with Crippen molar-refractivity contribution in [1.29, 1.82) is 0 Å². The van der Waals surface area contributed by atoms with Gasteiger partial charge in [-0.05, 0) is 54.6 Å². The number of hydrogen-bond acceptors (Lipinski definition) is 9. The second-order valence-corrected chi connectivity index (χ2v) is 12.5. The third-order valence-corrected chi connectivity index (χ3v) is 9.54. The van der Waals surface area contributed by atoms with E-state index >= 15 is 0 Å². The van der Waals surface area contributed by atoms with Crippen LogP contribution in [0.3, 0.4) is 0 Å². The fourth-order valence-electron chi connectivity index (χ4n) is 4.55. The summed E-state index contributed by atoms with van der Waals surface area (Å²) in [5.41, 5.74) is 1.46. The summed E-state index contributed by atoms with van der Waals surface area (Å²) in [7, 11) is -0.705. The number of anilines is 2. The van der Waals surface area contributed by atoms with Crippen LogP contribution in [0, 0.1) is 0 Å². The number of benzene rings is 3. The monoisotopic (exact) mass is 615 g/mol. The van der Waals surface area contributed by atoms with Crippen LogP contribution in [-0.2, 0) is 10.0 Å². The van der Waals surface area contributed by atoms with E-state index < -0.39 is 10.0 Å². The molecule has 0 spiro atoms. The van der Waals surface area contributed by atoms with Crippen LogP contribution in [0.2, 0.25) is 5.02 Å². The van der Waals surface area contributed by atoms with Gasteiger partial charge in [0.1, 0.15) is 11.3 Å². The van der Waals surface area contributed by atoms with Gasteiger partial charge >= 0.3 is 0 Å². The molecule has 41 heavy (non-hydrogen) atoms. The highest BCUT2D eigenvalue weighted by molar-refractivity contribution is 7.92. The van der Waals surface area contributed by atoms with E-state index in [1.165, 1.54) is 25.3 Å². The maximum Gasteiger partial charge on any atom is 0.261 e. The molecular weight excluding hydrogens is 586 g/mol. The van der Waals surface area contributed by atoms with Gasteiger partial charge in [0.2, 0.25) is 0 Å². The summed E-state index contributed by atoms with van der Waals surface area (Å²) in [6.07, 6.45) is 0. The smallest absolute Gasteiger partial charge is 0.261 e. The predicted octanol–water partition coefficient (Wildman–Crippen LogP) is 4.32. The van der Waals surface area contributed by atoms with Crippen molar-refractivity contribution in [2.75, 3.05) is 63.1 Å². The summed E-state index contributed by atoms with van der Waals surface area (Å²) in [5.74, 6) is 0.891. The third kappa shape index (κ3) is 6.67. The average Bonchev–Trinajstić information content (AvgIpc) is 3.42. The number of aromatic nitrogens is 1. The minimum atomic E-state index is -3.81. The lowest BCUT2D eigenvalue weighted by molar-refractivity contribution is 0.0948. The number of methoxy groups -OCH3 is 2. The summed E-state index contributed by atoms with van der Waals surface area (Å²) in [6.45, 7) is 4.49. The highest BCUT2D eigenvalue weighted by Gasteiger charge is 2.22. The molecule has 10 nitrogen and oxygen atoms in total. The van der Waals surface area contributed by atoms with Crippen LogP contribution in [0.4, 0.5) is 10.8 Å². The molecule has 1 aliphatic heterocycles. The largest absolute Gasteiger partial charge is 0.497 e. The number of sulfonamides is 1. The Morgan fingerprint density at radius 1 is 1.02 bits per heavy atom. The Morgan fingerprint density at radius 3 is 2.49 bits per heavy atom. The van der Waals surface area contributed by atoms with Crippen molar-refractivity contribution in [3.63, 3.8) is 0 Å². The molecule has 5 rings (SSSR count). The van der Waals surface area contributed by atoms with Crippen molar-refractivity contribution >= 4 is 59.9 Å². The molecular formula is C28H30ClN5O5S2. The van der Waals surface area contributed by atoms with Gasteiger partial charge in [-0.3, -0.25) is 14.4 Å². The molecule has 2 heterocycles. The zero-order chi connectivity index (χ0) is 29.0. The molecule has 0 unspecified atom stereocenters. The van der Waals surface area contributed by atoms with Crippen molar-refractivity contribution in [3.05, 3.63) is 71.2 Å². The van der Waals surface area contributed by atoms with E-state index in [9.17, 15) is 13.2 Å².